The van der Waals surface area contributed by atoms with E-state index in [1.165, 1.54) is 16.7 Å². The second-order valence-corrected chi connectivity index (χ2v) is 8.16. The van der Waals surface area contributed by atoms with Gasteiger partial charge in [-0.05, 0) is 23.6 Å². The van der Waals surface area contributed by atoms with Gasteiger partial charge in [-0.3, -0.25) is 0 Å². The Morgan fingerprint density at radius 3 is 2.82 bits per heavy atom. The molecule has 0 saturated carbocycles. The zero-order valence-electron chi connectivity index (χ0n) is 11.3. The summed E-state index contributed by atoms with van der Waals surface area (Å²) in [6, 6.07) is 7.81. The van der Waals surface area contributed by atoms with E-state index >= 15 is 0 Å². The van der Waals surface area contributed by atoms with Gasteiger partial charge in [0.05, 0.1) is 10.2 Å². The molecular formula is C14H11FN2O2S3. The summed E-state index contributed by atoms with van der Waals surface area (Å²) >= 11 is 2.23. The van der Waals surface area contributed by atoms with Gasteiger partial charge in [0, 0.05) is 6.54 Å². The van der Waals surface area contributed by atoms with E-state index in [0.29, 0.717) is 10.2 Å². The van der Waals surface area contributed by atoms with Gasteiger partial charge < -0.3 is 4.57 Å². The molecule has 0 bridgehead atoms. The normalized spacial score (nSPS) is 12.9. The van der Waals surface area contributed by atoms with Crippen molar-refractivity contribution in [2.45, 2.75) is 10.8 Å². The van der Waals surface area contributed by atoms with Crippen molar-refractivity contribution in [2.24, 2.45) is 4.40 Å². The highest BCUT2D eigenvalue weighted by atomic mass is 32.2. The number of halogens is 1. The second-order valence-electron chi connectivity index (χ2n) is 4.37. The van der Waals surface area contributed by atoms with Crippen molar-refractivity contribution in [2.75, 3.05) is 0 Å². The average Bonchev–Trinajstić information content (AvgIpc) is 3.09. The molecule has 0 N–H and O–H groups in total. The first kappa shape index (κ1) is 15.1. The lowest BCUT2D eigenvalue weighted by atomic mass is 10.3. The number of rotatable bonds is 4. The molecule has 0 saturated heterocycles. The number of thiazole rings is 1. The molecule has 0 amide bonds. The molecule has 0 spiro atoms. The summed E-state index contributed by atoms with van der Waals surface area (Å²) in [6.07, 6.45) is 1.58. The number of nitrogens with zero attached hydrogens (tertiary/aromatic N) is 2. The van der Waals surface area contributed by atoms with Crippen molar-refractivity contribution in [1.29, 1.82) is 0 Å². The fourth-order valence-electron chi connectivity index (χ4n) is 2.01. The highest BCUT2D eigenvalue weighted by Crippen LogP contribution is 2.22. The molecule has 2 aromatic heterocycles. The SMILES string of the molecule is C=CCn1c(=NS(=O)(=O)c2cccs2)sc2cccc(F)c21. The maximum Gasteiger partial charge on any atom is 0.294 e. The van der Waals surface area contributed by atoms with E-state index in [2.05, 4.69) is 11.0 Å². The number of para-hydroxylation sites is 1. The fourth-order valence-corrected chi connectivity index (χ4v) is 5.24. The van der Waals surface area contributed by atoms with Crippen molar-refractivity contribution in [3.63, 3.8) is 0 Å². The van der Waals surface area contributed by atoms with Crippen LogP contribution < -0.4 is 4.80 Å². The van der Waals surface area contributed by atoms with E-state index in [-0.39, 0.29) is 15.6 Å². The van der Waals surface area contributed by atoms with Gasteiger partial charge in [-0.2, -0.15) is 8.42 Å². The van der Waals surface area contributed by atoms with Crippen molar-refractivity contribution in [3.05, 3.63) is 59.0 Å². The first-order chi connectivity index (χ1) is 10.5. The van der Waals surface area contributed by atoms with Crippen LogP contribution in [0, 0.1) is 5.82 Å². The van der Waals surface area contributed by atoms with Crippen LogP contribution in [0.5, 0.6) is 0 Å². The lowest BCUT2D eigenvalue weighted by Gasteiger charge is -2.01. The van der Waals surface area contributed by atoms with Gasteiger partial charge in [0.15, 0.2) is 0 Å². The van der Waals surface area contributed by atoms with Gasteiger partial charge in [-0.1, -0.05) is 29.5 Å². The topological polar surface area (TPSA) is 51.4 Å². The molecule has 0 fully saturated rings. The van der Waals surface area contributed by atoms with E-state index in [4.69, 9.17) is 0 Å². The highest BCUT2D eigenvalue weighted by Gasteiger charge is 2.16. The Morgan fingerprint density at radius 1 is 1.32 bits per heavy atom. The summed E-state index contributed by atoms with van der Waals surface area (Å²) in [6.45, 7) is 3.91. The van der Waals surface area contributed by atoms with Crippen LogP contribution in [0.25, 0.3) is 10.2 Å². The number of fused-ring (bicyclic) bond motifs is 1. The van der Waals surface area contributed by atoms with Crippen LogP contribution in [-0.2, 0) is 16.6 Å². The van der Waals surface area contributed by atoms with Gasteiger partial charge in [0.2, 0.25) is 4.80 Å². The molecule has 114 valence electrons. The maximum absolute atomic E-state index is 14.1. The zero-order valence-corrected chi connectivity index (χ0v) is 13.7. The zero-order chi connectivity index (χ0) is 15.7. The smallest absolute Gasteiger partial charge is 0.294 e. The molecule has 0 radical (unpaired) electrons. The van der Waals surface area contributed by atoms with E-state index in [0.717, 1.165) is 22.7 Å². The fraction of sp³-hybridized carbons (Fsp3) is 0.0714. The Bertz CT molecular complexity index is 999. The third kappa shape index (κ3) is 2.65. The van der Waals surface area contributed by atoms with Gasteiger partial charge in [-0.25, -0.2) is 4.39 Å². The van der Waals surface area contributed by atoms with E-state index < -0.39 is 15.8 Å². The van der Waals surface area contributed by atoms with Crippen molar-refractivity contribution >= 4 is 42.9 Å². The molecule has 4 nitrogen and oxygen atoms in total. The monoisotopic (exact) mass is 354 g/mol. The summed E-state index contributed by atoms with van der Waals surface area (Å²) in [7, 11) is -3.79. The molecule has 0 unspecified atom stereocenters. The molecule has 3 aromatic rings. The lowest BCUT2D eigenvalue weighted by Crippen LogP contribution is -2.16. The van der Waals surface area contributed by atoms with Crippen LogP contribution in [0.15, 0.2) is 57.0 Å². The molecule has 0 aliphatic carbocycles. The van der Waals surface area contributed by atoms with Crippen LogP contribution in [0.2, 0.25) is 0 Å². The van der Waals surface area contributed by atoms with E-state index in [1.807, 2.05) is 0 Å². The maximum atomic E-state index is 14.1. The van der Waals surface area contributed by atoms with Crippen LogP contribution >= 0.6 is 22.7 Å². The number of sulfonamides is 1. The van der Waals surface area contributed by atoms with Crippen LogP contribution in [0.4, 0.5) is 4.39 Å². The quantitative estimate of drug-likeness (QED) is 0.675. The predicted molar refractivity (Wildman–Crippen MR) is 87.0 cm³/mol. The summed E-state index contributed by atoms with van der Waals surface area (Å²) in [5.74, 6) is -0.412. The number of thiophene rings is 1. The summed E-state index contributed by atoms with van der Waals surface area (Å²) in [5, 5.41) is 1.67. The van der Waals surface area contributed by atoms with E-state index in [9.17, 15) is 12.8 Å². The predicted octanol–water partition coefficient (Wildman–Crippen LogP) is 3.38. The Morgan fingerprint density at radius 2 is 2.14 bits per heavy atom. The van der Waals surface area contributed by atoms with Crippen LogP contribution in [-0.4, -0.2) is 13.0 Å². The summed E-state index contributed by atoms with van der Waals surface area (Å²) < 4.78 is 44.9. The molecule has 1 aromatic carbocycles. The number of aromatic nitrogens is 1. The van der Waals surface area contributed by atoms with Gasteiger partial charge in [-0.15, -0.1) is 22.3 Å². The molecule has 2 heterocycles. The Labute approximate surface area is 134 Å². The standard InChI is InChI=1S/C14H11FN2O2S3/c1-2-8-17-13-10(15)5-3-6-11(13)21-14(17)16-22(18,19)12-7-4-9-20-12/h2-7,9H,1,8H2. The third-order valence-electron chi connectivity index (χ3n) is 2.91. The highest BCUT2D eigenvalue weighted by molar-refractivity contribution is 7.92. The minimum Gasteiger partial charge on any atom is -0.309 e. The molecule has 22 heavy (non-hydrogen) atoms. The Balaban J connectivity index is 2.31. The third-order valence-corrected chi connectivity index (χ3v) is 6.71. The molecule has 3 rings (SSSR count). The largest absolute Gasteiger partial charge is 0.309 e. The molecule has 0 atom stereocenters. The van der Waals surface area contributed by atoms with Crippen molar-refractivity contribution in [3.8, 4) is 0 Å². The minimum atomic E-state index is -3.79. The molecule has 0 aliphatic heterocycles. The van der Waals surface area contributed by atoms with Crippen molar-refractivity contribution < 1.29 is 12.8 Å². The van der Waals surface area contributed by atoms with Gasteiger partial charge >= 0.3 is 0 Å². The van der Waals surface area contributed by atoms with E-state index in [1.54, 1.807) is 29.7 Å². The van der Waals surface area contributed by atoms with Gasteiger partial charge in [0.1, 0.15) is 10.0 Å². The Kier molecular flexibility index (Phi) is 3.98. The van der Waals surface area contributed by atoms with Crippen LogP contribution in [0.3, 0.4) is 0 Å². The number of hydrogen-bond donors (Lipinski definition) is 0. The molecule has 0 aliphatic rings. The first-order valence-corrected chi connectivity index (χ1v) is 9.40. The summed E-state index contributed by atoms with van der Waals surface area (Å²) in [4.78, 5) is 0.230. The summed E-state index contributed by atoms with van der Waals surface area (Å²) in [5.41, 5.74) is 0.340. The number of hydrogen-bond acceptors (Lipinski definition) is 4. The molecular weight excluding hydrogens is 343 g/mol. The average molecular weight is 354 g/mol. The molecule has 8 heteroatoms. The first-order valence-electron chi connectivity index (χ1n) is 6.26. The van der Waals surface area contributed by atoms with Gasteiger partial charge in [0.25, 0.3) is 10.0 Å². The minimum absolute atomic E-state index is 0.163. The Hall–Kier alpha value is -1.77. The second kappa shape index (κ2) is 5.79. The van der Waals surface area contributed by atoms with Crippen LogP contribution in [0.1, 0.15) is 0 Å². The number of benzene rings is 1. The van der Waals surface area contributed by atoms with Crippen molar-refractivity contribution in [1.82, 2.24) is 4.57 Å². The number of allylic oxidation sites excluding steroid dienone is 1. The lowest BCUT2D eigenvalue weighted by molar-refractivity contribution is 0.597.